The van der Waals surface area contributed by atoms with E-state index in [0.717, 1.165) is 37.7 Å². The molecule has 1 aliphatic rings. The van der Waals surface area contributed by atoms with Gasteiger partial charge in [-0.3, -0.25) is 0 Å². The molecule has 0 amide bonds. The zero-order valence-corrected chi connectivity index (χ0v) is 8.45. The molecule has 78 valence electrons. The Balaban J connectivity index is 2.00. The summed E-state index contributed by atoms with van der Waals surface area (Å²) < 4.78 is 10.9. The highest BCUT2D eigenvalue weighted by molar-refractivity contribution is 5.02. The number of hydrogen-bond acceptors (Lipinski definition) is 4. The standard InChI is InChI=1S/C10H16N2O2/c1-11-7-10-12-6-9(14-10)8-2-4-13-5-3-8/h6,8,11H,2-5,7H2,1H3. The van der Waals surface area contributed by atoms with E-state index in [1.807, 2.05) is 13.2 Å². The van der Waals surface area contributed by atoms with Gasteiger partial charge >= 0.3 is 0 Å². The van der Waals surface area contributed by atoms with Gasteiger partial charge in [0.2, 0.25) is 5.89 Å². The third kappa shape index (κ3) is 2.13. The van der Waals surface area contributed by atoms with Crippen molar-refractivity contribution in [2.45, 2.75) is 25.3 Å². The first-order valence-corrected chi connectivity index (χ1v) is 5.07. The number of ether oxygens (including phenoxy) is 1. The minimum Gasteiger partial charge on any atom is -0.444 e. The van der Waals surface area contributed by atoms with Crippen LogP contribution in [0, 0.1) is 0 Å². The molecule has 1 aliphatic heterocycles. The predicted molar refractivity (Wildman–Crippen MR) is 52.1 cm³/mol. The summed E-state index contributed by atoms with van der Waals surface area (Å²) in [7, 11) is 1.89. The van der Waals surface area contributed by atoms with Gasteiger partial charge in [-0.05, 0) is 19.9 Å². The van der Waals surface area contributed by atoms with Crippen molar-refractivity contribution in [3.05, 3.63) is 17.8 Å². The highest BCUT2D eigenvalue weighted by Crippen LogP contribution is 2.27. The molecule has 4 heteroatoms. The van der Waals surface area contributed by atoms with E-state index in [4.69, 9.17) is 9.15 Å². The molecule has 0 spiro atoms. The maximum absolute atomic E-state index is 5.63. The number of nitrogens with one attached hydrogen (secondary N) is 1. The van der Waals surface area contributed by atoms with E-state index in [-0.39, 0.29) is 0 Å². The number of rotatable bonds is 3. The van der Waals surface area contributed by atoms with E-state index < -0.39 is 0 Å². The summed E-state index contributed by atoms with van der Waals surface area (Å²) in [5, 5.41) is 3.02. The van der Waals surface area contributed by atoms with Crippen molar-refractivity contribution >= 4 is 0 Å². The molecule has 0 aromatic carbocycles. The summed E-state index contributed by atoms with van der Waals surface area (Å²) >= 11 is 0. The normalized spacial score (nSPS) is 18.6. The summed E-state index contributed by atoms with van der Waals surface area (Å²) in [4.78, 5) is 4.21. The first-order chi connectivity index (χ1) is 6.90. The van der Waals surface area contributed by atoms with Crippen LogP contribution in [0.2, 0.25) is 0 Å². The molecule has 1 N–H and O–H groups in total. The van der Waals surface area contributed by atoms with E-state index in [1.54, 1.807) is 0 Å². The third-order valence-electron chi connectivity index (χ3n) is 2.52. The molecule has 0 unspecified atom stereocenters. The molecule has 1 aromatic heterocycles. The predicted octanol–water partition coefficient (Wildman–Crippen LogP) is 1.29. The van der Waals surface area contributed by atoms with Gasteiger partial charge in [-0.2, -0.15) is 0 Å². The minimum atomic E-state index is 0.502. The topological polar surface area (TPSA) is 47.3 Å². The SMILES string of the molecule is CNCc1ncc(C2CCOCC2)o1. The Labute approximate surface area is 83.7 Å². The van der Waals surface area contributed by atoms with Crippen LogP contribution in [0.3, 0.4) is 0 Å². The fraction of sp³-hybridized carbons (Fsp3) is 0.700. The monoisotopic (exact) mass is 196 g/mol. The second-order valence-corrected chi connectivity index (χ2v) is 3.57. The van der Waals surface area contributed by atoms with Crippen molar-refractivity contribution in [1.29, 1.82) is 0 Å². The molecule has 0 aliphatic carbocycles. The molecule has 2 rings (SSSR count). The number of aromatic nitrogens is 1. The van der Waals surface area contributed by atoms with Crippen LogP contribution in [-0.4, -0.2) is 25.2 Å². The fourth-order valence-corrected chi connectivity index (χ4v) is 1.73. The van der Waals surface area contributed by atoms with Crippen LogP contribution in [-0.2, 0) is 11.3 Å². The summed E-state index contributed by atoms with van der Waals surface area (Å²) in [5.74, 6) is 2.29. The first-order valence-electron chi connectivity index (χ1n) is 5.07. The van der Waals surface area contributed by atoms with Gasteiger partial charge in [0, 0.05) is 19.1 Å². The molecule has 14 heavy (non-hydrogen) atoms. The van der Waals surface area contributed by atoms with Crippen LogP contribution < -0.4 is 5.32 Å². The Morgan fingerprint density at radius 1 is 1.50 bits per heavy atom. The second kappa shape index (κ2) is 4.57. The van der Waals surface area contributed by atoms with Gasteiger partial charge in [0.15, 0.2) is 0 Å². The summed E-state index contributed by atoms with van der Waals surface area (Å²) in [6.45, 7) is 2.38. The molecule has 0 atom stereocenters. The van der Waals surface area contributed by atoms with E-state index in [2.05, 4.69) is 10.3 Å². The molecule has 0 bridgehead atoms. The lowest BCUT2D eigenvalue weighted by Crippen LogP contribution is -2.13. The fourth-order valence-electron chi connectivity index (χ4n) is 1.73. The van der Waals surface area contributed by atoms with Gasteiger partial charge in [-0.1, -0.05) is 0 Å². The van der Waals surface area contributed by atoms with Crippen LogP contribution in [0.1, 0.15) is 30.4 Å². The van der Waals surface area contributed by atoms with Gasteiger partial charge in [0.05, 0.1) is 12.7 Å². The molecule has 0 radical (unpaired) electrons. The highest BCUT2D eigenvalue weighted by atomic mass is 16.5. The molecule has 2 heterocycles. The lowest BCUT2D eigenvalue weighted by atomic mass is 9.98. The van der Waals surface area contributed by atoms with Gasteiger partial charge in [0.1, 0.15) is 5.76 Å². The minimum absolute atomic E-state index is 0.502. The molecule has 0 saturated carbocycles. The summed E-state index contributed by atoms with van der Waals surface area (Å²) in [5.41, 5.74) is 0. The summed E-state index contributed by atoms with van der Waals surface area (Å²) in [6, 6.07) is 0. The van der Waals surface area contributed by atoms with Crippen LogP contribution in [0.15, 0.2) is 10.6 Å². The quantitative estimate of drug-likeness (QED) is 0.791. The third-order valence-corrected chi connectivity index (χ3v) is 2.52. The van der Waals surface area contributed by atoms with Crippen LogP contribution in [0.25, 0.3) is 0 Å². The summed E-state index contributed by atoms with van der Waals surface area (Å²) in [6.07, 6.45) is 3.95. The number of oxazole rings is 1. The number of hydrogen-bond donors (Lipinski definition) is 1. The van der Waals surface area contributed by atoms with Gasteiger partial charge in [-0.15, -0.1) is 0 Å². The molecular weight excluding hydrogens is 180 g/mol. The van der Waals surface area contributed by atoms with Crippen molar-refractivity contribution in [3.8, 4) is 0 Å². The van der Waals surface area contributed by atoms with Crippen LogP contribution in [0.4, 0.5) is 0 Å². The van der Waals surface area contributed by atoms with E-state index in [9.17, 15) is 0 Å². The average Bonchev–Trinajstić information content (AvgIpc) is 2.68. The van der Waals surface area contributed by atoms with Crippen molar-refractivity contribution in [3.63, 3.8) is 0 Å². The van der Waals surface area contributed by atoms with Crippen LogP contribution >= 0.6 is 0 Å². The molecule has 4 nitrogen and oxygen atoms in total. The maximum atomic E-state index is 5.63. The zero-order chi connectivity index (χ0) is 9.80. The lowest BCUT2D eigenvalue weighted by Gasteiger charge is -2.19. The van der Waals surface area contributed by atoms with E-state index >= 15 is 0 Å². The zero-order valence-electron chi connectivity index (χ0n) is 8.45. The Hall–Kier alpha value is -0.870. The largest absolute Gasteiger partial charge is 0.444 e. The molecule has 1 fully saturated rings. The molecule has 1 saturated heterocycles. The Kier molecular flexibility index (Phi) is 3.16. The van der Waals surface area contributed by atoms with Gasteiger partial charge in [0.25, 0.3) is 0 Å². The van der Waals surface area contributed by atoms with Crippen molar-refractivity contribution in [2.75, 3.05) is 20.3 Å². The van der Waals surface area contributed by atoms with Crippen molar-refractivity contribution in [2.24, 2.45) is 0 Å². The molecular formula is C10H16N2O2. The second-order valence-electron chi connectivity index (χ2n) is 3.57. The van der Waals surface area contributed by atoms with Gasteiger partial charge in [-0.25, -0.2) is 4.98 Å². The average molecular weight is 196 g/mol. The number of nitrogens with zero attached hydrogens (tertiary/aromatic N) is 1. The highest BCUT2D eigenvalue weighted by Gasteiger charge is 2.19. The molecule has 1 aromatic rings. The van der Waals surface area contributed by atoms with E-state index in [0.29, 0.717) is 12.5 Å². The first kappa shape index (κ1) is 9.68. The Morgan fingerprint density at radius 3 is 3.00 bits per heavy atom. The lowest BCUT2D eigenvalue weighted by molar-refractivity contribution is 0.0803. The van der Waals surface area contributed by atoms with Crippen LogP contribution in [0.5, 0.6) is 0 Å². The maximum Gasteiger partial charge on any atom is 0.208 e. The smallest absolute Gasteiger partial charge is 0.208 e. The Bertz CT molecular complexity index is 279. The van der Waals surface area contributed by atoms with Crippen molar-refractivity contribution < 1.29 is 9.15 Å². The van der Waals surface area contributed by atoms with Crippen molar-refractivity contribution in [1.82, 2.24) is 10.3 Å². The van der Waals surface area contributed by atoms with E-state index in [1.165, 1.54) is 0 Å². The Morgan fingerprint density at radius 2 is 2.29 bits per heavy atom. The van der Waals surface area contributed by atoms with Gasteiger partial charge < -0.3 is 14.5 Å².